The summed E-state index contributed by atoms with van der Waals surface area (Å²) in [4.78, 5) is 60.7. The Balaban J connectivity index is 1.44. The lowest BCUT2D eigenvalue weighted by Crippen LogP contribution is -2.43. The maximum atomic E-state index is 12.3. The molecule has 0 aromatic heterocycles. The van der Waals surface area contributed by atoms with Gasteiger partial charge in [0.25, 0.3) is 11.8 Å². The smallest absolute Gasteiger partial charge is 0.338 e. The molecule has 2 aromatic carbocycles. The summed E-state index contributed by atoms with van der Waals surface area (Å²) in [5.74, 6) is -3.57. The first-order chi connectivity index (χ1) is 16.8. The van der Waals surface area contributed by atoms with Crippen molar-refractivity contribution in [3.8, 4) is 0 Å². The molecule has 184 valence electrons. The molecule has 0 saturated carbocycles. The third kappa shape index (κ3) is 7.28. The zero-order valence-corrected chi connectivity index (χ0v) is 19.7. The highest BCUT2D eigenvalue weighted by Crippen LogP contribution is 2.18. The normalized spacial score (nSPS) is 14.9. The number of amides is 3. The molecule has 0 unspecified atom stereocenters. The summed E-state index contributed by atoms with van der Waals surface area (Å²) in [6, 6.07) is 12.2. The first-order valence-electron chi connectivity index (χ1n) is 10.9. The number of esters is 2. The fraction of sp³-hybridized carbons (Fsp3) is 0.292. The summed E-state index contributed by atoms with van der Waals surface area (Å²) in [6.07, 6.45) is 0.556. The van der Waals surface area contributed by atoms with E-state index in [9.17, 15) is 24.0 Å². The molecule has 2 aromatic rings. The van der Waals surface area contributed by atoms with Crippen molar-refractivity contribution in [2.45, 2.75) is 19.8 Å². The van der Waals surface area contributed by atoms with Gasteiger partial charge < -0.3 is 14.8 Å². The first kappa shape index (κ1) is 25.7. The number of anilines is 1. The topological polar surface area (TPSA) is 131 Å². The van der Waals surface area contributed by atoms with Crippen LogP contribution in [0.4, 0.5) is 5.69 Å². The second-order valence-electron chi connectivity index (χ2n) is 7.72. The van der Waals surface area contributed by atoms with Crippen LogP contribution in [0.5, 0.6) is 0 Å². The molecule has 0 radical (unpaired) electrons. The fourth-order valence-electron chi connectivity index (χ4n) is 3.18. The van der Waals surface area contributed by atoms with Gasteiger partial charge in [0.05, 0.1) is 24.6 Å². The van der Waals surface area contributed by atoms with Crippen LogP contribution in [0.1, 0.15) is 40.5 Å². The van der Waals surface area contributed by atoms with Crippen LogP contribution in [-0.4, -0.2) is 54.4 Å². The first-order valence-corrected chi connectivity index (χ1v) is 11.2. The minimum atomic E-state index is -0.825. The Morgan fingerprint density at radius 2 is 1.66 bits per heavy atom. The van der Waals surface area contributed by atoms with Gasteiger partial charge in [-0.25, -0.2) is 4.79 Å². The lowest BCUT2D eigenvalue weighted by Gasteiger charge is -2.17. The van der Waals surface area contributed by atoms with Crippen LogP contribution in [0.2, 0.25) is 5.02 Å². The number of carbonyl (C=O) groups excluding carboxylic acids is 5. The van der Waals surface area contributed by atoms with Gasteiger partial charge in [-0.1, -0.05) is 18.5 Å². The van der Waals surface area contributed by atoms with Crippen molar-refractivity contribution in [1.29, 1.82) is 0 Å². The predicted molar refractivity (Wildman–Crippen MR) is 125 cm³/mol. The van der Waals surface area contributed by atoms with Crippen LogP contribution in [-0.2, 0) is 23.9 Å². The van der Waals surface area contributed by atoms with Crippen molar-refractivity contribution < 1.29 is 33.4 Å². The van der Waals surface area contributed by atoms with E-state index >= 15 is 0 Å². The standard InChI is InChI=1S/C24H24ClN3O7/c1-2-11-34-23(32)16-5-9-19(10-6-16)26-20(29)14-35-24(33)17-12-21(30)28(13-17)27-22(31)15-3-7-18(25)8-4-15/h3-10,17H,2,11-14H2,1H3,(H,26,29)(H,27,31)/t17-/m0/s1. The SMILES string of the molecule is CCCOC(=O)c1ccc(NC(=O)COC(=O)[C@H]2CC(=O)N(NC(=O)c3ccc(Cl)cc3)C2)cc1. The largest absolute Gasteiger partial charge is 0.462 e. The summed E-state index contributed by atoms with van der Waals surface area (Å²) in [6.45, 7) is 1.58. The van der Waals surface area contributed by atoms with Gasteiger partial charge in [0.1, 0.15) is 0 Å². The van der Waals surface area contributed by atoms with E-state index in [1.54, 1.807) is 12.1 Å². The fourth-order valence-corrected chi connectivity index (χ4v) is 3.31. The lowest BCUT2D eigenvalue weighted by molar-refractivity contribution is -0.151. The summed E-state index contributed by atoms with van der Waals surface area (Å²) in [5, 5.41) is 4.07. The number of hydrogen-bond acceptors (Lipinski definition) is 7. The van der Waals surface area contributed by atoms with Gasteiger partial charge in [0, 0.05) is 22.7 Å². The molecule has 0 spiro atoms. The van der Waals surface area contributed by atoms with Crippen molar-refractivity contribution >= 4 is 46.9 Å². The monoisotopic (exact) mass is 501 g/mol. The zero-order valence-electron chi connectivity index (χ0n) is 18.9. The highest BCUT2D eigenvalue weighted by atomic mass is 35.5. The Bertz CT molecular complexity index is 1100. The van der Waals surface area contributed by atoms with Gasteiger partial charge in [0.2, 0.25) is 5.91 Å². The number of hydrogen-bond donors (Lipinski definition) is 2. The van der Waals surface area contributed by atoms with Crippen LogP contribution in [0, 0.1) is 5.92 Å². The highest BCUT2D eigenvalue weighted by Gasteiger charge is 2.36. The Kier molecular flexibility index (Phi) is 8.80. The van der Waals surface area contributed by atoms with Crippen molar-refractivity contribution in [2.24, 2.45) is 5.92 Å². The Hall–Kier alpha value is -3.92. The van der Waals surface area contributed by atoms with E-state index in [4.69, 9.17) is 21.1 Å². The van der Waals surface area contributed by atoms with Gasteiger partial charge in [0.15, 0.2) is 6.61 Å². The predicted octanol–water partition coefficient (Wildman–Crippen LogP) is 2.58. The molecule has 0 aliphatic carbocycles. The molecule has 10 nitrogen and oxygen atoms in total. The van der Waals surface area contributed by atoms with Crippen LogP contribution < -0.4 is 10.7 Å². The molecule has 11 heteroatoms. The summed E-state index contributed by atoms with van der Waals surface area (Å²) in [7, 11) is 0. The number of halogens is 1. The van der Waals surface area contributed by atoms with Crippen LogP contribution >= 0.6 is 11.6 Å². The van der Waals surface area contributed by atoms with Crippen LogP contribution in [0.15, 0.2) is 48.5 Å². The van der Waals surface area contributed by atoms with Crippen LogP contribution in [0.25, 0.3) is 0 Å². The van der Waals surface area contributed by atoms with Gasteiger partial charge in [-0.3, -0.25) is 29.6 Å². The summed E-state index contributed by atoms with van der Waals surface area (Å²) >= 11 is 5.80. The zero-order chi connectivity index (χ0) is 25.4. The van der Waals surface area contributed by atoms with Crippen molar-refractivity contribution in [3.63, 3.8) is 0 Å². The third-order valence-corrected chi connectivity index (χ3v) is 5.24. The number of carbonyl (C=O) groups is 5. The molecule has 0 bridgehead atoms. The van der Waals surface area contributed by atoms with E-state index in [2.05, 4.69) is 10.7 Å². The molecule has 1 aliphatic heterocycles. The van der Waals surface area contributed by atoms with E-state index in [-0.39, 0.29) is 13.0 Å². The van der Waals surface area contributed by atoms with E-state index in [0.717, 1.165) is 5.01 Å². The average Bonchev–Trinajstić information content (AvgIpc) is 3.21. The second-order valence-corrected chi connectivity index (χ2v) is 8.16. The number of benzene rings is 2. The molecular formula is C24H24ClN3O7. The minimum absolute atomic E-state index is 0.0752. The van der Waals surface area contributed by atoms with E-state index < -0.39 is 42.2 Å². The molecule has 1 saturated heterocycles. The molecule has 3 amide bonds. The Labute approximate surface area is 206 Å². The molecule has 2 N–H and O–H groups in total. The minimum Gasteiger partial charge on any atom is -0.462 e. The quantitative estimate of drug-likeness (QED) is 0.505. The molecule has 1 fully saturated rings. The number of rotatable bonds is 9. The molecular weight excluding hydrogens is 478 g/mol. The number of nitrogens with zero attached hydrogens (tertiary/aromatic N) is 1. The van der Waals surface area contributed by atoms with E-state index in [1.165, 1.54) is 36.4 Å². The summed E-state index contributed by atoms with van der Waals surface area (Å²) < 4.78 is 10.1. The van der Waals surface area contributed by atoms with Crippen molar-refractivity contribution in [3.05, 3.63) is 64.7 Å². The number of ether oxygens (including phenoxy) is 2. The molecule has 3 rings (SSSR count). The van der Waals surface area contributed by atoms with E-state index in [1.807, 2.05) is 6.92 Å². The van der Waals surface area contributed by atoms with Crippen molar-refractivity contribution in [1.82, 2.24) is 10.4 Å². The second kappa shape index (κ2) is 12.0. The van der Waals surface area contributed by atoms with E-state index in [0.29, 0.717) is 34.9 Å². The third-order valence-electron chi connectivity index (χ3n) is 4.99. The molecule has 1 atom stereocenters. The Morgan fingerprint density at radius 3 is 2.31 bits per heavy atom. The van der Waals surface area contributed by atoms with Gasteiger partial charge >= 0.3 is 11.9 Å². The maximum absolute atomic E-state index is 12.3. The molecule has 1 heterocycles. The van der Waals surface area contributed by atoms with Gasteiger partial charge in [-0.15, -0.1) is 0 Å². The number of nitrogens with one attached hydrogen (secondary N) is 2. The van der Waals surface area contributed by atoms with Gasteiger partial charge in [-0.05, 0) is 55.0 Å². The van der Waals surface area contributed by atoms with Gasteiger partial charge in [-0.2, -0.15) is 0 Å². The summed E-state index contributed by atoms with van der Waals surface area (Å²) in [5.41, 5.74) is 3.51. The number of hydrazine groups is 1. The average molecular weight is 502 g/mol. The Morgan fingerprint density at radius 1 is 1.00 bits per heavy atom. The maximum Gasteiger partial charge on any atom is 0.338 e. The highest BCUT2D eigenvalue weighted by molar-refractivity contribution is 6.30. The van der Waals surface area contributed by atoms with Crippen molar-refractivity contribution in [2.75, 3.05) is 25.1 Å². The molecule has 35 heavy (non-hydrogen) atoms. The lowest BCUT2D eigenvalue weighted by atomic mass is 10.1. The van der Waals surface area contributed by atoms with Crippen LogP contribution in [0.3, 0.4) is 0 Å². The molecule has 1 aliphatic rings.